The second kappa shape index (κ2) is 9.87. The predicted octanol–water partition coefficient (Wildman–Crippen LogP) is 4.69. The third-order valence-corrected chi connectivity index (χ3v) is 5.06. The molecule has 29 heavy (non-hydrogen) atoms. The molecule has 0 saturated heterocycles. The molecule has 2 aromatic carbocycles. The molecule has 2 N–H and O–H groups in total. The number of rotatable bonds is 10. The number of para-hydroxylation sites is 1. The molecule has 3 aromatic rings. The van der Waals surface area contributed by atoms with Crippen molar-refractivity contribution in [3.8, 4) is 0 Å². The summed E-state index contributed by atoms with van der Waals surface area (Å²) in [5, 5.41) is 15.1. The minimum absolute atomic E-state index is 0.122. The summed E-state index contributed by atoms with van der Waals surface area (Å²) in [7, 11) is 0. The van der Waals surface area contributed by atoms with E-state index < -0.39 is 5.97 Å². The van der Waals surface area contributed by atoms with Gasteiger partial charge in [0.15, 0.2) is 0 Å². The molecule has 3 rings (SSSR count). The molecule has 0 unspecified atom stereocenters. The van der Waals surface area contributed by atoms with E-state index in [2.05, 4.69) is 52.3 Å². The predicted molar refractivity (Wildman–Crippen MR) is 116 cm³/mol. The number of unbranched alkanes of at least 4 members (excludes halogenated alkanes) is 3. The highest BCUT2D eigenvalue weighted by Gasteiger charge is 2.09. The van der Waals surface area contributed by atoms with E-state index in [1.54, 1.807) is 6.21 Å². The molecule has 6 nitrogen and oxygen atoms in total. The second-order valence-electron chi connectivity index (χ2n) is 7.14. The van der Waals surface area contributed by atoms with E-state index >= 15 is 0 Å². The first-order chi connectivity index (χ1) is 14.1. The highest BCUT2D eigenvalue weighted by Crippen LogP contribution is 2.29. The van der Waals surface area contributed by atoms with Gasteiger partial charge in [-0.05, 0) is 43.5 Å². The van der Waals surface area contributed by atoms with Gasteiger partial charge in [-0.2, -0.15) is 5.10 Å². The number of aliphatic carboxylic acids is 1. The van der Waals surface area contributed by atoms with E-state index in [4.69, 9.17) is 5.11 Å². The van der Waals surface area contributed by atoms with Gasteiger partial charge in [-0.15, -0.1) is 0 Å². The van der Waals surface area contributed by atoms with Crippen LogP contribution in [-0.2, 0) is 16.1 Å². The van der Waals surface area contributed by atoms with Crippen molar-refractivity contribution in [1.82, 2.24) is 9.99 Å². The molecule has 1 heterocycles. The van der Waals surface area contributed by atoms with Crippen LogP contribution in [-0.4, -0.2) is 27.8 Å². The maximum absolute atomic E-state index is 11.9. The lowest BCUT2D eigenvalue weighted by Crippen LogP contribution is -2.16. The molecule has 0 spiro atoms. The Balaban J connectivity index is 1.56. The third kappa shape index (κ3) is 5.22. The zero-order valence-corrected chi connectivity index (χ0v) is 16.7. The number of aromatic nitrogens is 1. The number of hydrogen-bond acceptors (Lipinski definition) is 3. The molecule has 0 aliphatic heterocycles. The molecule has 0 radical (unpaired) electrons. The molecule has 0 fully saturated rings. The van der Waals surface area contributed by atoms with Crippen LogP contribution in [0.4, 0.5) is 0 Å². The Morgan fingerprint density at radius 3 is 2.48 bits per heavy atom. The lowest BCUT2D eigenvalue weighted by atomic mass is 10.1. The number of carboxylic acid groups (broad SMARTS) is 1. The lowest BCUT2D eigenvalue weighted by Gasteiger charge is -2.03. The minimum Gasteiger partial charge on any atom is -0.481 e. The Morgan fingerprint density at radius 1 is 1.00 bits per heavy atom. The third-order valence-electron chi connectivity index (χ3n) is 5.06. The van der Waals surface area contributed by atoms with Gasteiger partial charge in [0, 0.05) is 41.2 Å². The van der Waals surface area contributed by atoms with Crippen molar-refractivity contribution in [2.75, 3.05) is 0 Å². The zero-order valence-electron chi connectivity index (χ0n) is 16.7. The van der Waals surface area contributed by atoms with Gasteiger partial charge < -0.3 is 9.67 Å². The number of amides is 1. The largest absolute Gasteiger partial charge is 0.481 e. The van der Waals surface area contributed by atoms with Gasteiger partial charge in [0.05, 0.1) is 6.21 Å². The van der Waals surface area contributed by atoms with E-state index in [0.29, 0.717) is 12.8 Å². The zero-order chi connectivity index (χ0) is 20.6. The SMILES string of the molecule is CCn1c2ccccc2c2cc(/C=N/NC(=O)CCCCCCC(=O)O)ccc21. The van der Waals surface area contributed by atoms with Gasteiger partial charge in [0.25, 0.3) is 0 Å². The first-order valence-corrected chi connectivity index (χ1v) is 10.1. The summed E-state index contributed by atoms with van der Waals surface area (Å²) in [6.45, 7) is 3.05. The smallest absolute Gasteiger partial charge is 0.303 e. The van der Waals surface area contributed by atoms with Crippen molar-refractivity contribution in [3.05, 3.63) is 48.0 Å². The van der Waals surface area contributed by atoms with Crippen LogP contribution in [0.25, 0.3) is 21.8 Å². The Labute approximate surface area is 170 Å². The van der Waals surface area contributed by atoms with E-state index in [-0.39, 0.29) is 12.3 Å². The molecule has 0 atom stereocenters. The van der Waals surface area contributed by atoms with E-state index in [1.165, 1.54) is 21.8 Å². The molecule has 6 heteroatoms. The summed E-state index contributed by atoms with van der Waals surface area (Å²) in [5.74, 6) is -0.891. The number of carboxylic acids is 1. The number of aryl methyl sites for hydroxylation is 1. The van der Waals surface area contributed by atoms with Crippen molar-refractivity contribution in [2.24, 2.45) is 5.10 Å². The van der Waals surface area contributed by atoms with Crippen molar-refractivity contribution < 1.29 is 14.7 Å². The summed E-state index contributed by atoms with van der Waals surface area (Å²) >= 11 is 0. The second-order valence-corrected chi connectivity index (χ2v) is 7.14. The molecule has 0 bridgehead atoms. The van der Waals surface area contributed by atoms with Crippen LogP contribution in [0.3, 0.4) is 0 Å². The van der Waals surface area contributed by atoms with Gasteiger partial charge in [0.1, 0.15) is 0 Å². The summed E-state index contributed by atoms with van der Waals surface area (Å²) in [4.78, 5) is 22.3. The fourth-order valence-electron chi connectivity index (χ4n) is 3.64. The molecular formula is C23H27N3O3. The van der Waals surface area contributed by atoms with Crippen molar-refractivity contribution >= 4 is 39.9 Å². The highest BCUT2D eigenvalue weighted by molar-refractivity contribution is 6.09. The van der Waals surface area contributed by atoms with Crippen molar-refractivity contribution in [3.63, 3.8) is 0 Å². The quantitative estimate of drug-likeness (QED) is 0.298. The van der Waals surface area contributed by atoms with Crippen LogP contribution in [0.2, 0.25) is 0 Å². The van der Waals surface area contributed by atoms with Crippen LogP contribution in [0.1, 0.15) is 51.0 Å². The maximum atomic E-state index is 11.9. The van der Waals surface area contributed by atoms with Crippen LogP contribution in [0, 0.1) is 0 Å². The number of carbonyl (C=O) groups excluding carboxylic acids is 1. The topological polar surface area (TPSA) is 83.7 Å². The number of nitrogens with one attached hydrogen (secondary N) is 1. The number of fused-ring (bicyclic) bond motifs is 3. The normalized spacial score (nSPS) is 11.5. The molecule has 0 saturated carbocycles. The van der Waals surface area contributed by atoms with Crippen LogP contribution in [0.15, 0.2) is 47.6 Å². The van der Waals surface area contributed by atoms with Crippen molar-refractivity contribution in [1.29, 1.82) is 0 Å². The fraction of sp³-hybridized carbons (Fsp3) is 0.348. The van der Waals surface area contributed by atoms with Crippen LogP contribution in [0.5, 0.6) is 0 Å². The molecular weight excluding hydrogens is 366 g/mol. The Bertz CT molecular complexity index is 1040. The highest BCUT2D eigenvalue weighted by atomic mass is 16.4. The van der Waals surface area contributed by atoms with Gasteiger partial charge in [-0.3, -0.25) is 9.59 Å². The standard InChI is InChI=1S/C23H27N3O3/c1-2-26-20-10-8-7-9-18(20)19-15-17(13-14-21(19)26)16-24-25-22(27)11-5-3-4-6-12-23(28)29/h7-10,13-16H,2-6,11-12H2,1H3,(H,25,27)(H,28,29)/b24-16+. The number of hydrogen-bond donors (Lipinski definition) is 2. The summed E-state index contributed by atoms with van der Waals surface area (Å²) < 4.78 is 2.30. The van der Waals surface area contributed by atoms with E-state index in [1.807, 2.05) is 12.1 Å². The van der Waals surface area contributed by atoms with Gasteiger partial charge in [-0.1, -0.05) is 37.1 Å². The fourth-order valence-corrected chi connectivity index (χ4v) is 3.64. The Morgan fingerprint density at radius 2 is 1.72 bits per heavy atom. The first kappa shape index (κ1) is 20.6. The monoisotopic (exact) mass is 393 g/mol. The Hall–Kier alpha value is -3.15. The summed E-state index contributed by atoms with van der Waals surface area (Å²) in [6, 6.07) is 14.6. The lowest BCUT2D eigenvalue weighted by molar-refractivity contribution is -0.137. The minimum atomic E-state index is -0.769. The summed E-state index contributed by atoms with van der Waals surface area (Å²) in [5.41, 5.74) is 5.92. The molecule has 1 amide bonds. The summed E-state index contributed by atoms with van der Waals surface area (Å²) in [6.07, 6.45) is 5.33. The number of carbonyl (C=O) groups is 2. The van der Waals surface area contributed by atoms with Gasteiger partial charge >= 0.3 is 5.97 Å². The number of hydrazone groups is 1. The Kier molecular flexibility index (Phi) is 7.00. The average molecular weight is 393 g/mol. The number of nitrogens with zero attached hydrogens (tertiary/aromatic N) is 2. The van der Waals surface area contributed by atoms with Gasteiger partial charge in [-0.25, -0.2) is 5.43 Å². The average Bonchev–Trinajstić information content (AvgIpc) is 3.03. The molecule has 152 valence electrons. The molecule has 1 aromatic heterocycles. The van der Waals surface area contributed by atoms with Crippen LogP contribution >= 0.6 is 0 Å². The van der Waals surface area contributed by atoms with Gasteiger partial charge in [0.2, 0.25) is 5.91 Å². The molecule has 0 aliphatic carbocycles. The van der Waals surface area contributed by atoms with Crippen molar-refractivity contribution in [2.45, 2.75) is 52.0 Å². The molecule has 0 aliphatic rings. The first-order valence-electron chi connectivity index (χ1n) is 10.1. The van der Waals surface area contributed by atoms with E-state index in [0.717, 1.165) is 31.4 Å². The number of benzene rings is 2. The van der Waals surface area contributed by atoms with E-state index in [9.17, 15) is 9.59 Å². The maximum Gasteiger partial charge on any atom is 0.303 e. The van der Waals surface area contributed by atoms with Crippen LogP contribution < -0.4 is 5.43 Å².